The molecule has 0 radical (unpaired) electrons. The summed E-state index contributed by atoms with van der Waals surface area (Å²) >= 11 is 0. The molecule has 0 bridgehead atoms. The van der Waals surface area contributed by atoms with E-state index in [1.807, 2.05) is 0 Å². The summed E-state index contributed by atoms with van der Waals surface area (Å²) in [6, 6.07) is 0. The molecule has 0 aromatic heterocycles. The van der Waals surface area contributed by atoms with Gasteiger partial charge in [-0.05, 0) is 6.92 Å². The molecule has 4 aliphatic heterocycles. The van der Waals surface area contributed by atoms with Gasteiger partial charge in [0.15, 0.2) is 18.9 Å². The minimum atomic E-state index is -1.89. The molecule has 0 amide bonds. The first kappa shape index (κ1) is 37.1. The summed E-state index contributed by atoms with van der Waals surface area (Å²) in [7, 11) is 0. The fourth-order valence-corrected chi connectivity index (χ4v) is 6.22. The highest BCUT2D eigenvalue weighted by Crippen LogP contribution is 2.36. The Morgan fingerprint density at radius 1 is 0.400 bits per heavy atom. The second-order valence-electron chi connectivity index (χ2n) is 12.2. The van der Waals surface area contributed by atoms with E-state index in [4.69, 9.17) is 33.2 Å². The molecule has 4 rings (SSSR count). The molecule has 4 heterocycles. The molecule has 4 saturated heterocycles. The quantitative estimate of drug-likeness (QED) is 0.104. The van der Waals surface area contributed by atoms with Gasteiger partial charge in [-0.15, -0.1) is 0 Å². The third kappa shape index (κ3) is 7.48. The van der Waals surface area contributed by atoms with Gasteiger partial charge in [-0.1, -0.05) is 13.8 Å². The van der Waals surface area contributed by atoms with Crippen LogP contribution < -0.4 is 0 Å². The number of aliphatic hydroxyl groups is 11. The fraction of sp³-hybridized carbons (Fsp3) is 1.00. The van der Waals surface area contributed by atoms with Crippen LogP contribution in [0.4, 0.5) is 0 Å². The maximum atomic E-state index is 11.0. The van der Waals surface area contributed by atoms with Crippen molar-refractivity contribution < 1.29 is 89.3 Å². The molecular weight excluding hydrogens is 612 g/mol. The molecule has 0 spiro atoms. The molecule has 264 valence electrons. The summed E-state index contributed by atoms with van der Waals surface area (Å²) in [6.07, 6.45) is -25.8. The summed E-state index contributed by atoms with van der Waals surface area (Å²) in [5.74, 6) is -1.05. The third-order valence-electron chi connectivity index (χ3n) is 9.20. The minimum absolute atomic E-state index is 0.412. The third-order valence-corrected chi connectivity index (χ3v) is 9.20. The van der Waals surface area contributed by atoms with E-state index in [0.717, 1.165) is 0 Å². The van der Waals surface area contributed by atoms with Gasteiger partial charge in [-0.25, -0.2) is 0 Å². The maximum Gasteiger partial charge on any atom is 0.187 e. The van der Waals surface area contributed by atoms with E-state index in [0.29, 0.717) is 0 Å². The largest absolute Gasteiger partial charge is 0.394 e. The number of aliphatic hydroxyl groups excluding tert-OH is 11. The number of rotatable bonds is 10. The van der Waals surface area contributed by atoms with Crippen molar-refractivity contribution in [3.05, 3.63) is 0 Å². The van der Waals surface area contributed by atoms with Crippen LogP contribution in [0, 0.1) is 11.8 Å². The molecule has 4 aliphatic rings. The summed E-state index contributed by atoms with van der Waals surface area (Å²) in [5.41, 5.74) is 0. The van der Waals surface area contributed by atoms with Gasteiger partial charge < -0.3 is 89.3 Å². The highest BCUT2D eigenvalue weighted by molar-refractivity contribution is 4.97. The molecule has 0 aliphatic carbocycles. The summed E-state index contributed by atoms with van der Waals surface area (Å²) < 4.78 is 39.6. The van der Waals surface area contributed by atoms with Gasteiger partial charge >= 0.3 is 0 Å². The van der Waals surface area contributed by atoms with Crippen LogP contribution in [0.15, 0.2) is 0 Å². The molecule has 0 aromatic rings. The van der Waals surface area contributed by atoms with Crippen LogP contribution in [-0.4, -0.2) is 193 Å². The summed E-state index contributed by atoms with van der Waals surface area (Å²) in [5, 5.41) is 114. The van der Waals surface area contributed by atoms with E-state index in [1.165, 1.54) is 6.92 Å². The molecule has 0 aromatic carbocycles. The van der Waals surface area contributed by atoms with E-state index in [2.05, 4.69) is 0 Å². The fourth-order valence-electron chi connectivity index (χ4n) is 6.22. The lowest BCUT2D eigenvalue weighted by molar-refractivity contribution is -0.382. The van der Waals surface area contributed by atoms with E-state index in [9.17, 15) is 56.2 Å². The molecule has 45 heavy (non-hydrogen) atoms. The van der Waals surface area contributed by atoms with Crippen molar-refractivity contribution in [2.45, 2.75) is 131 Å². The molecule has 18 heteroatoms. The molecule has 14 unspecified atom stereocenters. The smallest absolute Gasteiger partial charge is 0.187 e. The Morgan fingerprint density at radius 3 is 1.18 bits per heavy atom. The van der Waals surface area contributed by atoms with Crippen molar-refractivity contribution in [3.8, 4) is 0 Å². The van der Waals surface area contributed by atoms with Crippen LogP contribution in [0.25, 0.3) is 0 Å². The van der Waals surface area contributed by atoms with Crippen LogP contribution >= 0.6 is 0 Å². The first-order valence-corrected chi connectivity index (χ1v) is 15.1. The first-order valence-electron chi connectivity index (χ1n) is 15.1. The zero-order valence-corrected chi connectivity index (χ0v) is 25.2. The van der Waals surface area contributed by atoms with Crippen molar-refractivity contribution in [1.29, 1.82) is 0 Å². The van der Waals surface area contributed by atoms with Crippen molar-refractivity contribution in [2.24, 2.45) is 11.8 Å². The van der Waals surface area contributed by atoms with Gasteiger partial charge in [0, 0.05) is 11.8 Å². The second kappa shape index (κ2) is 15.7. The van der Waals surface area contributed by atoms with Gasteiger partial charge in [0.2, 0.25) is 0 Å². The Labute approximate surface area is 259 Å². The van der Waals surface area contributed by atoms with E-state index >= 15 is 0 Å². The lowest BCUT2D eigenvalue weighted by atomic mass is 9.86. The van der Waals surface area contributed by atoms with Crippen molar-refractivity contribution in [2.75, 3.05) is 26.4 Å². The van der Waals surface area contributed by atoms with E-state index < -0.39 is 149 Å². The molecule has 0 saturated carbocycles. The second-order valence-corrected chi connectivity index (χ2v) is 12.2. The van der Waals surface area contributed by atoms with Gasteiger partial charge in [0.05, 0.1) is 44.7 Å². The zero-order chi connectivity index (χ0) is 33.3. The maximum absolute atomic E-state index is 11.0. The first-order chi connectivity index (χ1) is 21.3. The van der Waals surface area contributed by atoms with Gasteiger partial charge in [0.25, 0.3) is 0 Å². The molecular formula is C27H48O18. The average molecular weight is 661 g/mol. The Kier molecular flexibility index (Phi) is 12.9. The van der Waals surface area contributed by atoms with Gasteiger partial charge in [-0.3, -0.25) is 0 Å². The Balaban J connectivity index is 1.43. The van der Waals surface area contributed by atoms with E-state index in [1.54, 1.807) is 13.8 Å². The highest BCUT2D eigenvalue weighted by Gasteiger charge is 2.54. The average Bonchev–Trinajstić information content (AvgIpc) is 3.03. The zero-order valence-electron chi connectivity index (χ0n) is 25.2. The lowest BCUT2D eigenvalue weighted by Gasteiger charge is -2.49. The Bertz CT molecular complexity index is 909. The van der Waals surface area contributed by atoms with Crippen LogP contribution in [0.1, 0.15) is 20.8 Å². The molecule has 4 fully saturated rings. The molecule has 20 atom stereocenters. The number of ether oxygens (including phenoxy) is 7. The topological polar surface area (TPSA) is 287 Å². The SMILES string of the molecule is CC1OC(CO)[C@@H](O[C@@H]2OC(CO)[C@@H](O[C@@H]3OC(CO)[C@@H](O[C@@H]4OC(CO)C(C)C(O)C4C)C(O)C3O)C(O)C2O)C(O)C1O. The minimum Gasteiger partial charge on any atom is -0.394 e. The molecule has 18 nitrogen and oxygen atoms in total. The normalized spacial score (nSPS) is 52.9. The summed E-state index contributed by atoms with van der Waals surface area (Å²) in [6.45, 7) is 2.20. The lowest BCUT2D eigenvalue weighted by Crippen LogP contribution is -2.67. The van der Waals surface area contributed by atoms with Crippen molar-refractivity contribution >= 4 is 0 Å². The summed E-state index contributed by atoms with van der Waals surface area (Å²) in [4.78, 5) is 0. The van der Waals surface area contributed by atoms with Crippen LogP contribution in [0.3, 0.4) is 0 Å². The predicted octanol–water partition coefficient (Wildman–Crippen LogP) is -6.13. The Morgan fingerprint density at radius 2 is 0.756 bits per heavy atom. The van der Waals surface area contributed by atoms with Gasteiger partial charge in [-0.2, -0.15) is 0 Å². The van der Waals surface area contributed by atoms with Gasteiger partial charge in [0.1, 0.15) is 73.2 Å². The Hall–Kier alpha value is -0.720. The van der Waals surface area contributed by atoms with Crippen LogP contribution in [0.5, 0.6) is 0 Å². The predicted molar refractivity (Wildman–Crippen MR) is 144 cm³/mol. The highest BCUT2D eigenvalue weighted by atomic mass is 16.8. The van der Waals surface area contributed by atoms with Crippen molar-refractivity contribution in [1.82, 2.24) is 0 Å². The van der Waals surface area contributed by atoms with E-state index in [-0.39, 0.29) is 0 Å². The number of hydrogen-bond donors (Lipinski definition) is 11. The van der Waals surface area contributed by atoms with Crippen molar-refractivity contribution in [3.63, 3.8) is 0 Å². The monoisotopic (exact) mass is 660 g/mol. The number of hydrogen-bond acceptors (Lipinski definition) is 18. The van der Waals surface area contributed by atoms with Crippen LogP contribution in [-0.2, 0) is 33.2 Å². The molecule has 11 N–H and O–H groups in total. The standard InChI is InChI=1S/C27H48O18/c1-8-11(4-28)40-25(9(2)15(8)32)43-23-13(6-30)41-27(20(37)18(23)35)45-24-14(7-31)42-26(21(38)19(24)36)44-22-12(5-29)39-10(3)16(33)17(22)34/h8-38H,4-7H2,1-3H3/t8?,9?,10?,11?,12?,13?,14?,15?,16?,17?,18?,19?,20?,21?,22-,23-,24-,25+,26+,27+/m1/s1. The van der Waals surface area contributed by atoms with Crippen LogP contribution in [0.2, 0.25) is 0 Å².